The minimum atomic E-state index is -0.546. The Morgan fingerprint density at radius 2 is 2.04 bits per heavy atom. The minimum Gasteiger partial charge on any atom is -0.390 e. The Labute approximate surface area is 144 Å². The van der Waals surface area contributed by atoms with Gasteiger partial charge in [0, 0.05) is 18.5 Å². The van der Waals surface area contributed by atoms with E-state index in [0.717, 1.165) is 0 Å². The third-order valence-corrected chi connectivity index (χ3v) is 4.09. The topological polar surface area (TPSA) is 41.9 Å². The number of rotatable bonds is 5. The molecular formula is C19H18F2N2O2. The lowest BCUT2D eigenvalue weighted by atomic mass is 10.0. The molecule has 0 saturated carbocycles. The molecule has 0 saturated heterocycles. The van der Waals surface area contributed by atoms with E-state index >= 15 is 0 Å². The predicted octanol–water partition coefficient (Wildman–Crippen LogP) is 3.62. The van der Waals surface area contributed by atoms with Crippen LogP contribution in [-0.2, 0) is 4.84 Å². The summed E-state index contributed by atoms with van der Waals surface area (Å²) in [5, 5.41) is 4.00. The SMILES string of the molecule is CCN(CC1CC(c2cccc(F)c2)=NO1)C(=O)c1ccccc1F. The summed E-state index contributed by atoms with van der Waals surface area (Å²) in [5.41, 5.74) is 1.33. The van der Waals surface area contributed by atoms with Gasteiger partial charge in [-0.15, -0.1) is 0 Å². The monoisotopic (exact) mass is 344 g/mol. The molecule has 0 aliphatic carbocycles. The average Bonchev–Trinajstić information content (AvgIpc) is 3.08. The van der Waals surface area contributed by atoms with Gasteiger partial charge in [0.05, 0.1) is 17.8 Å². The number of benzene rings is 2. The van der Waals surface area contributed by atoms with E-state index in [-0.39, 0.29) is 29.9 Å². The molecule has 1 aliphatic rings. The first-order valence-corrected chi connectivity index (χ1v) is 8.11. The molecule has 0 N–H and O–H groups in total. The number of carbonyl (C=O) groups excluding carboxylic acids is 1. The van der Waals surface area contributed by atoms with E-state index < -0.39 is 5.82 Å². The van der Waals surface area contributed by atoms with Gasteiger partial charge in [-0.1, -0.05) is 29.4 Å². The van der Waals surface area contributed by atoms with E-state index in [1.54, 1.807) is 24.3 Å². The molecule has 1 amide bonds. The number of carbonyl (C=O) groups is 1. The molecule has 3 rings (SSSR count). The lowest BCUT2D eigenvalue weighted by molar-refractivity contribution is 0.0433. The predicted molar refractivity (Wildman–Crippen MR) is 90.4 cm³/mol. The van der Waals surface area contributed by atoms with Crippen molar-refractivity contribution in [1.82, 2.24) is 4.90 Å². The zero-order chi connectivity index (χ0) is 17.8. The van der Waals surface area contributed by atoms with E-state index in [2.05, 4.69) is 5.16 Å². The number of hydrogen-bond acceptors (Lipinski definition) is 3. The van der Waals surface area contributed by atoms with Crippen molar-refractivity contribution in [3.63, 3.8) is 0 Å². The number of likely N-dealkylation sites (N-methyl/N-ethyl adjacent to an activating group) is 1. The number of nitrogens with zero attached hydrogens (tertiary/aromatic N) is 2. The van der Waals surface area contributed by atoms with Crippen molar-refractivity contribution in [2.75, 3.05) is 13.1 Å². The summed E-state index contributed by atoms with van der Waals surface area (Å²) in [5.74, 6) is -1.27. The zero-order valence-corrected chi connectivity index (χ0v) is 13.8. The van der Waals surface area contributed by atoms with E-state index in [1.165, 1.54) is 29.2 Å². The molecule has 0 aromatic heterocycles. The maximum absolute atomic E-state index is 13.8. The van der Waals surface area contributed by atoms with Crippen molar-refractivity contribution in [2.45, 2.75) is 19.4 Å². The standard InChI is InChI=1S/C19H18F2N2O2/c1-2-23(19(24)16-8-3-4-9-17(16)21)12-15-11-18(22-25-15)13-6-5-7-14(20)10-13/h3-10,15H,2,11-12H2,1H3. The minimum absolute atomic E-state index is 0.0358. The maximum atomic E-state index is 13.8. The largest absolute Gasteiger partial charge is 0.390 e. The van der Waals surface area contributed by atoms with Gasteiger partial charge >= 0.3 is 0 Å². The van der Waals surface area contributed by atoms with E-state index in [1.807, 2.05) is 6.92 Å². The molecule has 25 heavy (non-hydrogen) atoms. The molecule has 2 aromatic rings. The molecule has 6 heteroatoms. The van der Waals surface area contributed by atoms with Crippen LogP contribution >= 0.6 is 0 Å². The Hall–Kier alpha value is -2.76. The second-order valence-corrected chi connectivity index (χ2v) is 5.80. The first-order valence-electron chi connectivity index (χ1n) is 8.11. The number of hydrogen-bond donors (Lipinski definition) is 0. The van der Waals surface area contributed by atoms with Gasteiger partial charge in [-0.2, -0.15) is 0 Å². The first kappa shape index (κ1) is 17.1. The van der Waals surface area contributed by atoms with Crippen LogP contribution < -0.4 is 0 Å². The van der Waals surface area contributed by atoms with Crippen molar-refractivity contribution in [2.24, 2.45) is 5.16 Å². The van der Waals surface area contributed by atoms with Crippen molar-refractivity contribution in [3.8, 4) is 0 Å². The zero-order valence-electron chi connectivity index (χ0n) is 13.8. The molecule has 4 nitrogen and oxygen atoms in total. The Morgan fingerprint density at radius 1 is 1.24 bits per heavy atom. The van der Waals surface area contributed by atoms with E-state index in [0.29, 0.717) is 24.2 Å². The van der Waals surface area contributed by atoms with E-state index in [4.69, 9.17) is 4.84 Å². The van der Waals surface area contributed by atoms with Crippen LogP contribution in [0.25, 0.3) is 0 Å². The van der Waals surface area contributed by atoms with Gasteiger partial charge in [0.25, 0.3) is 5.91 Å². The van der Waals surface area contributed by atoms with Gasteiger partial charge < -0.3 is 9.74 Å². The molecule has 0 radical (unpaired) electrons. The summed E-state index contributed by atoms with van der Waals surface area (Å²) in [6.45, 7) is 2.52. The Morgan fingerprint density at radius 3 is 2.76 bits per heavy atom. The number of amides is 1. The Balaban J connectivity index is 1.66. The van der Waals surface area contributed by atoms with Crippen molar-refractivity contribution in [1.29, 1.82) is 0 Å². The second kappa shape index (κ2) is 7.42. The smallest absolute Gasteiger partial charge is 0.256 e. The summed E-state index contributed by atoms with van der Waals surface area (Å²) < 4.78 is 27.2. The molecular weight excluding hydrogens is 326 g/mol. The van der Waals surface area contributed by atoms with Gasteiger partial charge in [-0.3, -0.25) is 4.79 Å². The van der Waals surface area contributed by atoms with Crippen LogP contribution in [0.4, 0.5) is 8.78 Å². The molecule has 0 bridgehead atoms. The molecule has 1 heterocycles. The Bertz CT molecular complexity index is 808. The quantitative estimate of drug-likeness (QED) is 0.831. The summed E-state index contributed by atoms with van der Waals surface area (Å²) >= 11 is 0. The summed E-state index contributed by atoms with van der Waals surface area (Å²) in [7, 11) is 0. The molecule has 130 valence electrons. The highest BCUT2D eigenvalue weighted by Gasteiger charge is 2.27. The van der Waals surface area contributed by atoms with Gasteiger partial charge in [0.2, 0.25) is 0 Å². The molecule has 0 fully saturated rings. The van der Waals surface area contributed by atoms with Crippen molar-refractivity contribution < 1.29 is 18.4 Å². The fourth-order valence-corrected chi connectivity index (χ4v) is 2.77. The highest BCUT2D eigenvalue weighted by atomic mass is 19.1. The van der Waals surface area contributed by atoms with Crippen LogP contribution in [0.5, 0.6) is 0 Å². The van der Waals surface area contributed by atoms with Crippen LogP contribution in [-0.4, -0.2) is 35.7 Å². The molecule has 0 spiro atoms. The number of oxime groups is 1. The highest BCUT2D eigenvalue weighted by molar-refractivity contribution is 6.01. The Kier molecular flexibility index (Phi) is 5.07. The number of halogens is 2. The third-order valence-electron chi connectivity index (χ3n) is 4.09. The maximum Gasteiger partial charge on any atom is 0.256 e. The fourth-order valence-electron chi connectivity index (χ4n) is 2.77. The molecule has 1 atom stereocenters. The normalized spacial score (nSPS) is 16.3. The molecule has 2 aromatic carbocycles. The molecule has 1 unspecified atom stereocenters. The van der Waals surface area contributed by atoms with E-state index in [9.17, 15) is 13.6 Å². The lowest BCUT2D eigenvalue weighted by Crippen LogP contribution is -2.38. The van der Waals surface area contributed by atoms with Crippen LogP contribution in [0.3, 0.4) is 0 Å². The third kappa shape index (κ3) is 3.84. The fraction of sp³-hybridized carbons (Fsp3) is 0.263. The van der Waals surface area contributed by atoms with Crippen molar-refractivity contribution >= 4 is 11.6 Å². The summed E-state index contributed by atoms with van der Waals surface area (Å²) in [6, 6.07) is 12.0. The van der Waals surface area contributed by atoms with Gasteiger partial charge in [0.15, 0.2) is 6.10 Å². The first-order chi connectivity index (χ1) is 12.1. The lowest BCUT2D eigenvalue weighted by Gasteiger charge is -2.23. The molecule has 1 aliphatic heterocycles. The van der Waals surface area contributed by atoms with Crippen molar-refractivity contribution in [3.05, 3.63) is 71.3 Å². The van der Waals surface area contributed by atoms with Crippen LogP contribution in [0.15, 0.2) is 53.7 Å². The second-order valence-electron chi connectivity index (χ2n) is 5.80. The van der Waals surface area contributed by atoms with Crippen LogP contribution in [0, 0.1) is 11.6 Å². The highest BCUT2D eigenvalue weighted by Crippen LogP contribution is 2.19. The summed E-state index contributed by atoms with van der Waals surface area (Å²) in [4.78, 5) is 19.4. The van der Waals surface area contributed by atoms with Crippen LogP contribution in [0.1, 0.15) is 29.3 Å². The van der Waals surface area contributed by atoms with Crippen LogP contribution in [0.2, 0.25) is 0 Å². The summed E-state index contributed by atoms with van der Waals surface area (Å²) in [6.07, 6.45) is 0.124. The van der Waals surface area contributed by atoms with Gasteiger partial charge in [0.1, 0.15) is 11.6 Å². The van der Waals surface area contributed by atoms with Gasteiger partial charge in [-0.25, -0.2) is 8.78 Å². The average molecular weight is 344 g/mol. The van der Waals surface area contributed by atoms with Gasteiger partial charge in [-0.05, 0) is 31.2 Å².